The van der Waals surface area contributed by atoms with Gasteiger partial charge in [-0.3, -0.25) is 10.1 Å². The third kappa shape index (κ3) is 2.19. The van der Waals surface area contributed by atoms with Crippen LogP contribution in [-0.4, -0.2) is 23.0 Å². The molecule has 0 radical (unpaired) electrons. The number of hydrogen-bond acceptors (Lipinski definition) is 3. The Morgan fingerprint density at radius 1 is 1.50 bits per heavy atom. The highest BCUT2D eigenvalue weighted by Gasteiger charge is 2.21. The smallest absolute Gasteiger partial charge is 0.180 e. The molecule has 1 aromatic heterocycles. The Morgan fingerprint density at radius 2 is 2.25 bits per heavy atom. The minimum absolute atomic E-state index is 0.220. The molecule has 2 rings (SSSR count). The summed E-state index contributed by atoms with van der Waals surface area (Å²) in [4.78, 5) is 4.31. The molecule has 0 saturated heterocycles. The summed E-state index contributed by atoms with van der Waals surface area (Å²) in [7, 11) is 0. The second kappa shape index (κ2) is 5.86. The van der Waals surface area contributed by atoms with Gasteiger partial charge >= 0.3 is 0 Å². The number of hydrogen-bond donors (Lipinski definition) is 1. The standard InChI is InChI=1S/C15H18FN3O/c1-5-11(17-6-2)12-9(4)13(16)15(20-7-3)14-10(12)8-18-19-14/h5-6,8H,7H2,1-4H3,(H,18,19)/b11-5-,17-6?. The number of allylic oxidation sites excluding steroid dienone is 1. The molecule has 0 aliphatic carbocycles. The number of ether oxygens (including phenoxy) is 1. The van der Waals surface area contributed by atoms with Crippen molar-refractivity contribution in [1.82, 2.24) is 10.2 Å². The van der Waals surface area contributed by atoms with Gasteiger partial charge in [0, 0.05) is 17.2 Å². The van der Waals surface area contributed by atoms with Crippen LogP contribution >= 0.6 is 0 Å². The number of nitrogens with one attached hydrogen (secondary N) is 1. The van der Waals surface area contributed by atoms with Crippen molar-refractivity contribution < 1.29 is 9.13 Å². The van der Waals surface area contributed by atoms with Gasteiger partial charge in [0.1, 0.15) is 5.52 Å². The maximum absolute atomic E-state index is 14.5. The van der Waals surface area contributed by atoms with E-state index < -0.39 is 0 Å². The molecule has 106 valence electrons. The van der Waals surface area contributed by atoms with Gasteiger partial charge in [-0.05, 0) is 33.3 Å². The number of aromatic nitrogens is 2. The molecule has 0 aliphatic rings. The van der Waals surface area contributed by atoms with E-state index in [0.717, 1.165) is 16.6 Å². The third-order valence-corrected chi connectivity index (χ3v) is 3.13. The molecule has 0 unspecified atom stereocenters. The molecule has 0 bridgehead atoms. The maximum Gasteiger partial charge on any atom is 0.180 e. The van der Waals surface area contributed by atoms with Crippen LogP contribution in [-0.2, 0) is 0 Å². The molecule has 5 heteroatoms. The van der Waals surface area contributed by atoms with Crippen molar-refractivity contribution in [2.45, 2.75) is 27.7 Å². The van der Waals surface area contributed by atoms with Crippen LogP contribution in [0.15, 0.2) is 17.3 Å². The van der Waals surface area contributed by atoms with E-state index in [2.05, 4.69) is 15.2 Å². The average molecular weight is 275 g/mol. The quantitative estimate of drug-likeness (QED) is 0.861. The van der Waals surface area contributed by atoms with Crippen molar-refractivity contribution in [3.05, 3.63) is 29.2 Å². The highest BCUT2D eigenvalue weighted by molar-refractivity contribution is 5.97. The van der Waals surface area contributed by atoms with Gasteiger partial charge in [-0.15, -0.1) is 0 Å². The molecule has 2 aromatic rings. The van der Waals surface area contributed by atoms with Crippen LogP contribution in [0.4, 0.5) is 4.39 Å². The van der Waals surface area contributed by atoms with Crippen LogP contribution in [0.5, 0.6) is 5.75 Å². The molecule has 1 heterocycles. The summed E-state index contributed by atoms with van der Waals surface area (Å²) in [6.45, 7) is 7.66. The molecule has 0 spiro atoms. The van der Waals surface area contributed by atoms with Gasteiger partial charge in [-0.2, -0.15) is 5.10 Å². The third-order valence-electron chi connectivity index (χ3n) is 3.13. The van der Waals surface area contributed by atoms with E-state index in [1.807, 2.05) is 26.8 Å². The van der Waals surface area contributed by atoms with Gasteiger partial charge in [-0.25, -0.2) is 4.39 Å². The second-order valence-electron chi connectivity index (χ2n) is 4.30. The number of nitrogens with zero attached hydrogens (tertiary/aromatic N) is 2. The largest absolute Gasteiger partial charge is 0.489 e. The molecule has 0 fully saturated rings. The Labute approximate surface area is 117 Å². The fraction of sp³-hybridized carbons (Fsp3) is 0.333. The Balaban J connectivity index is 2.83. The topological polar surface area (TPSA) is 50.3 Å². The molecule has 1 N–H and O–H groups in total. The lowest BCUT2D eigenvalue weighted by molar-refractivity contribution is 0.324. The SMILES string of the molecule is CC=N/C(=C\C)c1c(C)c(F)c(OCC)c2[nH]ncc12. The summed E-state index contributed by atoms with van der Waals surface area (Å²) in [5, 5.41) is 7.63. The van der Waals surface area contributed by atoms with Crippen LogP contribution in [0.3, 0.4) is 0 Å². The number of fused-ring (bicyclic) bond motifs is 1. The van der Waals surface area contributed by atoms with Gasteiger partial charge < -0.3 is 4.74 Å². The van der Waals surface area contributed by atoms with Crippen molar-refractivity contribution in [2.75, 3.05) is 6.61 Å². The lowest BCUT2D eigenvalue weighted by Crippen LogP contribution is -2.01. The van der Waals surface area contributed by atoms with Gasteiger partial charge in [0.25, 0.3) is 0 Å². The Morgan fingerprint density at radius 3 is 2.85 bits per heavy atom. The predicted molar refractivity (Wildman–Crippen MR) is 79.8 cm³/mol. The zero-order valence-corrected chi connectivity index (χ0v) is 12.1. The molecule has 0 amide bonds. The maximum atomic E-state index is 14.5. The summed E-state index contributed by atoms with van der Waals surface area (Å²) < 4.78 is 20.0. The molecule has 4 nitrogen and oxygen atoms in total. The van der Waals surface area contributed by atoms with Gasteiger partial charge in [0.15, 0.2) is 11.6 Å². The van der Waals surface area contributed by atoms with Gasteiger partial charge in [0.05, 0.1) is 18.5 Å². The first-order valence-corrected chi connectivity index (χ1v) is 6.58. The molecular weight excluding hydrogens is 257 g/mol. The van der Waals surface area contributed by atoms with E-state index in [-0.39, 0.29) is 11.6 Å². The number of halogens is 1. The highest BCUT2D eigenvalue weighted by atomic mass is 19.1. The van der Waals surface area contributed by atoms with Crippen LogP contribution < -0.4 is 4.74 Å². The predicted octanol–water partition coefficient (Wildman–Crippen LogP) is 3.86. The lowest BCUT2D eigenvalue weighted by Gasteiger charge is -2.13. The van der Waals surface area contributed by atoms with E-state index >= 15 is 0 Å². The molecule has 20 heavy (non-hydrogen) atoms. The van der Waals surface area contributed by atoms with Gasteiger partial charge in [0.2, 0.25) is 0 Å². The summed E-state index contributed by atoms with van der Waals surface area (Å²) in [5.41, 5.74) is 2.55. The van der Waals surface area contributed by atoms with Crippen LogP contribution in [0, 0.1) is 12.7 Å². The number of benzene rings is 1. The normalized spacial score (nSPS) is 12.6. The number of aliphatic imine (C=N–C) groups is 1. The summed E-state index contributed by atoms with van der Waals surface area (Å²) in [5.74, 6) is -0.151. The Bertz CT molecular complexity index is 686. The van der Waals surface area contributed by atoms with E-state index in [0.29, 0.717) is 17.7 Å². The first-order valence-electron chi connectivity index (χ1n) is 6.58. The Kier molecular flexibility index (Phi) is 4.17. The van der Waals surface area contributed by atoms with Crippen molar-refractivity contribution in [1.29, 1.82) is 0 Å². The van der Waals surface area contributed by atoms with E-state index in [4.69, 9.17) is 4.74 Å². The van der Waals surface area contributed by atoms with Crippen LogP contribution in [0.25, 0.3) is 16.6 Å². The zero-order valence-electron chi connectivity index (χ0n) is 12.1. The van der Waals surface area contributed by atoms with Crippen molar-refractivity contribution in [3.63, 3.8) is 0 Å². The number of rotatable bonds is 4. The molecule has 0 saturated carbocycles. The summed E-state index contributed by atoms with van der Waals surface area (Å²) in [6.07, 6.45) is 5.22. The van der Waals surface area contributed by atoms with E-state index in [1.165, 1.54) is 0 Å². The number of aromatic amines is 1. The fourth-order valence-electron chi connectivity index (χ4n) is 2.27. The minimum Gasteiger partial charge on any atom is -0.489 e. The lowest BCUT2D eigenvalue weighted by atomic mass is 9.99. The second-order valence-corrected chi connectivity index (χ2v) is 4.30. The molecular formula is C15H18FN3O. The summed E-state index contributed by atoms with van der Waals surface area (Å²) in [6, 6.07) is 0. The first-order chi connectivity index (χ1) is 9.65. The highest BCUT2D eigenvalue weighted by Crippen LogP contribution is 2.37. The van der Waals surface area contributed by atoms with E-state index in [1.54, 1.807) is 19.3 Å². The van der Waals surface area contributed by atoms with Crippen LogP contribution in [0.1, 0.15) is 31.9 Å². The van der Waals surface area contributed by atoms with Crippen molar-refractivity contribution >= 4 is 22.8 Å². The molecule has 1 aromatic carbocycles. The zero-order chi connectivity index (χ0) is 14.7. The number of H-pyrrole nitrogens is 1. The first kappa shape index (κ1) is 14.2. The van der Waals surface area contributed by atoms with E-state index in [9.17, 15) is 4.39 Å². The monoisotopic (exact) mass is 275 g/mol. The fourth-order valence-corrected chi connectivity index (χ4v) is 2.27. The van der Waals surface area contributed by atoms with Crippen molar-refractivity contribution in [2.24, 2.45) is 4.99 Å². The minimum atomic E-state index is -0.371. The van der Waals surface area contributed by atoms with Crippen LogP contribution in [0.2, 0.25) is 0 Å². The molecule has 0 aliphatic heterocycles. The Hall–Kier alpha value is -2.17. The average Bonchev–Trinajstić information content (AvgIpc) is 2.91. The summed E-state index contributed by atoms with van der Waals surface area (Å²) >= 11 is 0. The van der Waals surface area contributed by atoms with Gasteiger partial charge in [-0.1, -0.05) is 6.08 Å². The molecule has 0 atom stereocenters. The van der Waals surface area contributed by atoms with Crippen molar-refractivity contribution in [3.8, 4) is 5.75 Å².